The monoisotopic (exact) mass is 397 g/mol. The van der Waals surface area contributed by atoms with Gasteiger partial charge in [0.1, 0.15) is 29.3 Å². The molecule has 0 atom stereocenters. The van der Waals surface area contributed by atoms with Gasteiger partial charge in [-0.2, -0.15) is 0 Å². The van der Waals surface area contributed by atoms with E-state index in [0.29, 0.717) is 35.4 Å². The van der Waals surface area contributed by atoms with E-state index in [1.807, 2.05) is 0 Å². The minimum absolute atomic E-state index is 0. The lowest BCUT2D eigenvalue weighted by Gasteiger charge is -2.30. The third kappa shape index (κ3) is 4.75. The summed E-state index contributed by atoms with van der Waals surface area (Å²) in [5.41, 5.74) is 1.72. The molecule has 1 aliphatic heterocycles. The normalized spacial score (nSPS) is 15.7. The SMILES string of the molecule is COCCOC(=O)c1c(C)oc2ccc(O)c(CN3CCC(C)CC3)c12.Cl. The Balaban J connectivity index is 0.00000261. The second-order valence-corrected chi connectivity index (χ2v) is 7.06. The number of piperidine rings is 1. The van der Waals surface area contributed by atoms with Crippen molar-refractivity contribution < 1.29 is 23.8 Å². The van der Waals surface area contributed by atoms with Crippen LogP contribution < -0.4 is 0 Å². The molecular weight excluding hydrogens is 370 g/mol. The first-order valence-corrected chi connectivity index (χ1v) is 9.13. The minimum Gasteiger partial charge on any atom is -0.508 e. The Hall–Kier alpha value is -1.76. The van der Waals surface area contributed by atoms with E-state index in [9.17, 15) is 9.90 Å². The summed E-state index contributed by atoms with van der Waals surface area (Å²) >= 11 is 0. The van der Waals surface area contributed by atoms with E-state index in [1.54, 1.807) is 26.2 Å². The van der Waals surface area contributed by atoms with Crippen LogP contribution in [0.1, 0.15) is 41.4 Å². The summed E-state index contributed by atoms with van der Waals surface area (Å²) in [6.07, 6.45) is 2.29. The number of furan rings is 1. The summed E-state index contributed by atoms with van der Waals surface area (Å²) in [4.78, 5) is 14.9. The van der Waals surface area contributed by atoms with Crippen LogP contribution in [0.3, 0.4) is 0 Å². The molecule has 7 heteroatoms. The van der Waals surface area contributed by atoms with Gasteiger partial charge in [0, 0.05) is 24.6 Å². The van der Waals surface area contributed by atoms with Crippen molar-refractivity contribution in [3.8, 4) is 5.75 Å². The number of aryl methyl sites for hydroxylation is 1. The van der Waals surface area contributed by atoms with Crippen molar-refractivity contribution in [2.45, 2.75) is 33.2 Å². The molecule has 0 unspecified atom stereocenters. The van der Waals surface area contributed by atoms with Gasteiger partial charge in [-0.25, -0.2) is 4.79 Å². The molecule has 1 aliphatic rings. The fourth-order valence-corrected chi connectivity index (χ4v) is 3.51. The van der Waals surface area contributed by atoms with Crippen LogP contribution in [-0.4, -0.2) is 49.4 Å². The third-order valence-corrected chi connectivity index (χ3v) is 5.10. The summed E-state index contributed by atoms with van der Waals surface area (Å²) in [7, 11) is 1.56. The Labute approximate surface area is 165 Å². The lowest BCUT2D eigenvalue weighted by molar-refractivity contribution is 0.0388. The molecule has 27 heavy (non-hydrogen) atoms. The fraction of sp³-hybridized carbons (Fsp3) is 0.550. The zero-order valence-electron chi connectivity index (χ0n) is 16.1. The molecule has 3 rings (SSSR count). The van der Waals surface area contributed by atoms with Crippen LogP contribution in [0.15, 0.2) is 16.5 Å². The lowest BCUT2D eigenvalue weighted by atomic mass is 9.97. The Morgan fingerprint density at radius 2 is 2.00 bits per heavy atom. The van der Waals surface area contributed by atoms with Crippen molar-refractivity contribution in [2.24, 2.45) is 5.92 Å². The predicted octanol–water partition coefficient (Wildman–Crippen LogP) is 3.90. The van der Waals surface area contributed by atoms with Gasteiger partial charge in [0.05, 0.1) is 6.61 Å². The molecular formula is C20H28ClNO5. The molecule has 1 saturated heterocycles. The molecule has 0 radical (unpaired) electrons. The Morgan fingerprint density at radius 3 is 2.67 bits per heavy atom. The van der Waals surface area contributed by atoms with Crippen LogP contribution in [0.4, 0.5) is 0 Å². The first-order chi connectivity index (χ1) is 12.5. The lowest BCUT2D eigenvalue weighted by Crippen LogP contribution is -2.32. The summed E-state index contributed by atoms with van der Waals surface area (Å²) < 4.78 is 16.0. The van der Waals surface area contributed by atoms with Crippen molar-refractivity contribution in [3.05, 3.63) is 29.0 Å². The van der Waals surface area contributed by atoms with E-state index in [0.717, 1.165) is 37.4 Å². The van der Waals surface area contributed by atoms with Crippen molar-refractivity contribution in [1.82, 2.24) is 4.90 Å². The number of carbonyl (C=O) groups excluding carboxylic acids is 1. The number of phenolic OH excluding ortho intramolecular Hbond substituents is 1. The third-order valence-electron chi connectivity index (χ3n) is 5.10. The zero-order valence-corrected chi connectivity index (χ0v) is 16.9. The van der Waals surface area contributed by atoms with Gasteiger partial charge in [-0.15, -0.1) is 12.4 Å². The highest BCUT2D eigenvalue weighted by atomic mass is 35.5. The maximum atomic E-state index is 12.6. The van der Waals surface area contributed by atoms with Crippen LogP contribution in [-0.2, 0) is 16.0 Å². The molecule has 1 aromatic heterocycles. The number of aromatic hydroxyl groups is 1. The number of carbonyl (C=O) groups is 1. The van der Waals surface area contributed by atoms with E-state index in [2.05, 4.69) is 11.8 Å². The number of benzene rings is 1. The highest BCUT2D eigenvalue weighted by Gasteiger charge is 2.25. The molecule has 1 aromatic carbocycles. The number of rotatable bonds is 6. The number of fused-ring (bicyclic) bond motifs is 1. The van der Waals surface area contributed by atoms with Gasteiger partial charge in [-0.05, 0) is 50.9 Å². The first kappa shape index (κ1) is 21.5. The largest absolute Gasteiger partial charge is 0.508 e. The second kappa shape index (κ2) is 9.44. The molecule has 2 heterocycles. The van der Waals surface area contributed by atoms with Gasteiger partial charge >= 0.3 is 5.97 Å². The number of methoxy groups -OCH3 is 1. The van der Waals surface area contributed by atoms with Crippen LogP contribution in [0, 0.1) is 12.8 Å². The molecule has 1 N–H and O–H groups in total. The van der Waals surface area contributed by atoms with E-state index in [4.69, 9.17) is 13.9 Å². The van der Waals surface area contributed by atoms with Crippen molar-refractivity contribution in [3.63, 3.8) is 0 Å². The van der Waals surface area contributed by atoms with Crippen molar-refractivity contribution >= 4 is 29.3 Å². The Bertz CT molecular complexity index is 780. The van der Waals surface area contributed by atoms with E-state index in [-0.39, 0.29) is 24.8 Å². The summed E-state index contributed by atoms with van der Waals surface area (Å²) in [6.45, 7) is 7.10. The van der Waals surface area contributed by atoms with Crippen molar-refractivity contribution in [2.75, 3.05) is 33.4 Å². The number of esters is 1. The standard InChI is InChI=1S/C20H27NO5.ClH/c1-13-6-8-21(9-7-13)12-15-16(22)4-5-17-19(15)18(14(2)26-17)20(23)25-11-10-24-3;/h4-5,13,22H,6-12H2,1-3H3;1H. The smallest absolute Gasteiger partial charge is 0.342 e. The molecule has 150 valence electrons. The molecule has 0 amide bonds. The van der Waals surface area contributed by atoms with Crippen LogP contribution in [0.2, 0.25) is 0 Å². The van der Waals surface area contributed by atoms with Gasteiger partial charge in [-0.3, -0.25) is 4.90 Å². The molecule has 1 fully saturated rings. The number of phenols is 1. The average Bonchev–Trinajstić information content (AvgIpc) is 2.96. The number of hydrogen-bond acceptors (Lipinski definition) is 6. The quantitative estimate of drug-likeness (QED) is 0.588. The number of nitrogens with zero attached hydrogens (tertiary/aromatic N) is 1. The van der Waals surface area contributed by atoms with E-state index in [1.165, 1.54) is 0 Å². The van der Waals surface area contributed by atoms with Gasteiger partial charge < -0.3 is 19.0 Å². The molecule has 0 bridgehead atoms. The number of halogens is 1. The molecule has 2 aromatic rings. The molecule has 0 saturated carbocycles. The Morgan fingerprint density at radius 1 is 1.30 bits per heavy atom. The summed E-state index contributed by atoms with van der Waals surface area (Å²) in [5.74, 6) is 0.972. The summed E-state index contributed by atoms with van der Waals surface area (Å²) in [5, 5.41) is 11.1. The summed E-state index contributed by atoms with van der Waals surface area (Å²) in [6, 6.07) is 3.33. The van der Waals surface area contributed by atoms with Crippen LogP contribution >= 0.6 is 12.4 Å². The number of likely N-dealkylation sites (tertiary alicyclic amines) is 1. The molecule has 6 nitrogen and oxygen atoms in total. The van der Waals surface area contributed by atoms with Gasteiger partial charge in [0.25, 0.3) is 0 Å². The number of ether oxygens (including phenoxy) is 2. The highest BCUT2D eigenvalue weighted by Crippen LogP contribution is 2.35. The Kier molecular flexibility index (Phi) is 7.53. The first-order valence-electron chi connectivity index (χ1n) is 9.13. The average molecular weight is 398 g/mol. The van der Waals surface area contributed by atoms with Gasteiger partial charge in [-0.1, -0.05) is 6.92 Å². The van der Waals surface area contributed by atoms with E-state index < -0.39 is 5.97 Å². The maximum Gasteiger partial charge on any atom is 0.342 e. The fourth-order valence-electron chi connectivity index (χ4n) is 3.51. The molecule has 0 aliphatic carbocycles. The maximum absolute atomic E-state index is 12.6. The van der Waals surface area contributed by atoms with Crippen molar-refractivity contribution in [1.29, 1.82) is 0 Å². The predicted molar refractivity (Wildman–Crippen MR) is 106 cm³/mol. The molecule has 0 spiro atoms. The van der Waals surface area contributed by atoms with E-state index >= 15 is 0 Å². The zero-order chi connectivity index (χ0) is 18.7. The highest BCUT2D eigenvalue weighted by molar-refractivity contribution is 6.06. The minimum atomic E-state index is -0.447. The van der Waals surface area contributed by atoms with Gasteiger partial charge in [0.15, 0.2) is 0 Å². The number of hydrogen-bond donors (Lipinski definition) is 1. The van der Waals surface area contributed by atoms with Crippen LogP contribution in [0.5, 0.6) is 5.75 Å². The second-order valence-electron chi connectivity index (χ2n) is 7.06. The van der Waals surface area contributed by atoms with Crippen LogP contribution in [0.25, 0.3) is 11.0 Å². The van der Waals surface area contributed by atoms with Gasteiger partial charge in [0.2, 0.25) is 0 Å². The topological polar surface area (TPSA) is 72.1 Å².